The zero-order valence-electron chi connectivity index (χ0n) is 10.8. The molecule has 4 atom stereocenters. The number of aliphatic hydroxyl groups is 1. The molecule has 1 heteroatoms. The molecule has 0 unspecified atom stereocenters. The van der Waals surface area contributed by atoms with Crippen LogP contribution in [0, 0.1) is 28.6 Å². The van der Waals surface area contributed by atoms with Gasteiger partial charge in [-0.3, -0.25) is 0 Å². The molecule has 1 spiro atoms. The van der Waals surface area contributed by atoms with Crippen LogP contribution in [0.5, 0.6) is 0 Å². The monoisotopic (exact) mass is 220 g/mol. The van der Waals surface area contributed by atoms with Gasteiger partial charge < -0.3 is 5.11 Å². The van der Waals surface area contributed by atoms with E-state index in [1.165, 1.54) is 31.3 Å². The summed E-state index contributed by atoms with van der Waals surface area (Å²) in [4.78, 5) is 0. The Bertz CT molecular complexity index is 341. The largest absolute Gasteiger partial charge is 0.392 e. The Hall–Kier alpha value is -0.300. The van der Waals surface area contributed by atoms with Crippen LogP contribution in [0.4, 0.5) is 0 Å². The first-order valence-electron chi connectivity index (χ1n) is 6.82. The zero-order chi connectivity index (χ0) is 11.6. The topological polar surface area (TPSA) is 20.2 Å². The van der Waals surface area contributed by atoms with E-state index >= 15 is 0 Å². The van der Waals surface area contributed by atoms with Gasteiger partial charge in [-0.1, -0.05) is 26.8 Å². The second kappa shape index (κ2) is 3.13. The summed E-state index contributed by atoms with van der Waals surface area (Å²) >= 11 is 0. The standard InChI is InChI=1S/C15H24O/c1-10-4-5-13-14(2,3)12-8-15(10,13)7-6-11(12)9-16/h6,10,12-13,16H,4-5,7-9H2,1-3H3/t10-,12+,13-,15+/m1/s1. The maximum absolute atomic E-state index is 9.50. The van der Waals surface area contributed by atoms with Crippen LogP contribution in [0.2, 0.25) is 0 Å². The fourth-order valence-corrected chi connectivity index (χ4v) is 5.35. The van der Waals surface area contributed by atoms with E-state index in [2.05, 4.69) is 26.8 Å². The smallest absolute Gasteiger partial charge is 0.0644 e. The van der Waals surface area contributed by atoms with E-state index in [-0.39, 0.29) is 6.61 Å². The highest BCUT2D eigenvalue weighted by molar-refractivity contribution is 5.26. The van der Waals surface area contributed by atoms with Crippen molar-refractivity contribution in [3.8, 4) is 0 Å². The fraction of sp³-hybridized carbons (Fsp3) is 0.867. The number of allylic oxidation sites excluding steroid dienone is 1. The molecule has 1 N–H and O–H groups in total. The Morgan fingerprint density at radius 2 is 2.12 bits per heavy atom. The van der Waals surface area contributed by atoms with Crippen LogP contribution >= 0.6 is 0 Å². The summed E-state index contributed by atoms with van der Waals surface area (Å²) in [6, 6.07) is 0. The van der Waals surface area contributed by atoms with Gasteiger partial charge in [0.25, 0.3) is 0 Å². The van der Waals surface area contributed by atoms with E-state index in [0.29, 0.717) is 16.7 Å². The minimum Gasteiger partial charge on any atom is -0.392 e. The summed E-state index contributed by atoms with van der Waals surface area (Å²) in [5.41, 5.74) is 2.33. The molecule has 1 nitrogen and oxygen atoms in total. The molecule has 0 amide bonds. The molecule has 3 aliphatic rings. The second-order valence-corrected chi connectivity index (χ2v) is 6.98. The van der Waals surface area contributed by atoms with E-state index in [9.17, 15) is 5.11 Å². The number of hydrogen-bond acceptors (Lipinski definition) is 1. The molecule has 0 heterocycles. The molecule has 2 saturated carbocycles. The lowest BCUT2D eigenvalue weighted by Crippen LogP contribution is -2.30. The first-order valence-corrected chi connectivity index (χ1v) is 6.82. The quantitative estimate of drug-likeness (QED) is 0.672. The molecule has 0 aliphatic heterocycles. The first-order chi connectivity index (χ1) is 7.52. The average molecular weight is 220 g/mol. The third-order valence-electron chi connectivity index (χ3n) is 6.32. The van der Waals surface area contributed by atoms with Crippen molar-refractivity contribution >= 4 is 0 Å². The number of rotatable bonds is 1. The lowest BCUT2D eigenvalue weighted by Gasteiger charge is -2.36. The minimum atomic E-state index is 0.283. The van der Waals surface area contributed by atoms with Gasteiger partial charge in [-0.05, 0) is 59.8 Å². The Kier molecular flexibility index (Phi) is 2.12. The molecule has 16 heavy (non-hydrogen) atoms. The SMILES string of the molecule is C[C@@H]1CC[C@@H]2C(C)(C)[C@H]3C[C@@]12CC=C3CO. The van der Waals surface area contributed by atoms with Crippen molar-refractivity contribution in [1.29, 1.82) is 0 Å². The highest BCUT2D eigenvalue weighted by Crippen LogP contribution is 2.71. The van der Waals surface area contributed by atoms with E-state index in [4.69, 9.17) is 0 Å². The maximum Gasteiger partial charge on any atom is 0.0644 e. The van der Waals surface area contributed by atoms with Crippen LogP contribution in [0.15, 0.2) is 11.6 Å². The van der Waals surface area contributed by atoms with Crippen LogP contribution < -0.4 is 0 Å². The van der Waals surface area contributed by atoms with E-state index in [0.717, 1.165) is 11.8 Å². The molecule has 2 fully saturated rings. The molecule has 2 bridgehead atoms. The zero-order valence-corrected chi connectivity index (χ0v) is 10.8. The van der Waals surface area contributed by atoms with Gasteiger partial charge in [0.05, 0.1) is 6.61 Å². The number of fused-ring (bicyclic) bond motifs is 1. The summed E-state index contributed by atoms with van der Waals surface area (Å²) in [5.74, 6) is 2.43. The highest BCUT2D eigenvalue weighted by atomic mass is 16.3. The molecule has 90 valence electrons. The lowest BCUT2D eigenvalue weighted by molar-refractivity contribution is 0.128. The molecule has 0 radical (unpaired) electrons. The molecule has 0 aromatic rings. The predicted octanol–water partition coefficient (Wildman–Crippen LogP) is 3.39. The van der Waals surface area contributed by atoms with Gasteiger partial charge in [0, 0.05) is 0 Å². The molecule has 0 aromatic heterocycles. The van der Waals surface area contributed by atoms with Crippen molar-refractivity contribution in [1.82, 2.24) is 0 Å². The summed E-state index contributed by atoms with van der Waals surface area (Å²) in [7, 11) is 0. The first kappa shape index (κ1) is 10.8. The van der Waals surface area contributed by atoms with Crippen LogP contribution in [0.3, 0.4) is 0 Å². The van der Waals surface area contributed by atoms with Crippen molar-refractivity contribution in [3.05, 3.63) is 11.6 Å². The Balaban J connectivity index is 2.07. The van der Waals surface area contributed by atoms with E-state index in [1.54, 1.807) is 0 Å². The summed E-state index contributed by atoms with van der Waals surface area (Å²) in [6.07, 6.45) is 7.78. The second-order valence-electron chi connectivity index (χ2n) is 6.98. The van der Waals surface area contributed by atoms with Crippen molar-refractivity contribution in [3.63, 3.8) is 0 Å². The maximum atomic E-state index is 9.50. The Morgan fingerprint density at radius 1 is 1.38 bits per heavy atom. The van der Waals surface area contributed by atoms with Crippen LogP contribution in [0.1, 0.15) is 46.5 Å². The van der Waals surface area contributed by atoms with Gasteiger partial charge in [0.2, 0.25) is 0 Å². The van der Waals surface area contributed by atoms with Gasteiger partial charge in [-0.25, -0.2) is 0 Å². The fourth-order valence-electron chi connectivity index (χ4n) is 5.35. The molecule has 0 saturated heterocycles. The average Bonchev–Trinajstić information content (AvgIpc) is 2.65. The third-order valence-corrected chi connectivity index (χ3v) is 6.32. The summed E-state index contributed by atoms with van der Waals surface area (Å²) in [5, 5.41) is 9.50. The lowest BCUT2D eigenvalue weighted by atomic mass is 9.68. The molecule has 0 aromatic carbocycles. The van der Waals surface area contributed by atoms with Gasteiger partial charge in [0.1, 0.15) is 0 Å². The van der Waals surface area contributed by atoms with Gasteiger partial charge in [-0.2, -0.15) is 0 Å². The minimum absolute atomic E-state index is 0.283. The third kappa shape index (κ3) is 1.06. The van der Waals surface area contributed by atoms with Gasteiger partial charge >= 0.3 is 0 Å². The van der Waals surface area contributed by atoms with Crippen molar-refractivity contribution in [2.45, 2.75) is 46.5 Å². The van der Waals surface area contributed by atoms with Crippen LogP contribution in [0.25, 0.3) is 0 Å². The van der Waals surface area contributed by atoms with Crippen LogP contribution in [-0.4, -0.2) is 11.7 Å². The normalized spacial score (nSPS) is 49.0. The molecular formula is C15H24O. The molecular weight excluding hydrogens is 196 g/mol. The molecule has 3 rings (SSSR count). The number of aliphatic hydroxyl groups excluding tert-OH is 1. The van der Waals surface area contributed by atoms with Gasteiger partial charge in [0.15, 0.2) is 0 Å². The van der Waals surface area contributed by atoms with Crippen molar-refractivity contribution in [2.75, 3.05) is 6.61 Å². The van der Waals surface area contributed by atoms with Crippen molar-refractivity contribution < 1.29 is 5.11 Å². The van der Waals surface area contributed by atoms with E-state index in [1.807, 2.05) is 0 Å². The number of hydrogen-bond donors (Lipinski definition) is 1. The van der Waals surface area contributed by atoms with Crippen molar-refractivity contribution in [2.24, 2.45) is 28.6 Å². The molecule has 3 aliphatic carbocycles. The Morgan fingerprint density at radius 3 is 2.81 bits per heavy atom. The summed E-state index contributed by atoms with van der Waals surface area (Å²) < 4.78 is 0. The highest BCUT2D eigenvalue weighted by Gasteiger charge is 2.63. The predicted molar refractivity (Wildman–Crippen MR) is 66.0 cm³/mol. The van der Waals surface area contributed by atoms with Gasteiger partial charge in [-0.15, -0.1) is 0 Å². The van der Waals surface area contributed by atoms with E-state index < -0.39 is 0 Å². The Labute approximate surface area is 98.9 Å². The summed E-state index contributed by atoms with van der Waals surface area (Å²) in [6.45, 7) is 7.62. The van der Waals surface area contributed by atoms with Crippen LogP contribution in [-0.2, 0) is 0 Å².